The number of nitrogens with one attached hydrogen (secondary N) is 2. The summed E-state index contributed by atoms with van der Waals surface area (Å²) in [6.07, 6.45) is 2.62. The molecule has 0 saturated carbocycles. The minimum Gasteiger partial charge on any atom is -0.356 e. The lowest BCUT2D eigenvalue weighted by atomic mass is 10.1. The van der Waals surface area contributed by atoms with E-state index in [9.17, 15) is 9.59 Å². The fourth-order valence-electron chi connectivity index (χ4n) is 2.06. The smallest absolute Gasteiger partial charge is 0.269 e. The number of carbonyl (C=O) groups is 2. The number of carbonyl (C=O) groups excluding carboxylic acids is 2. The molecule has 0 saturated heterocycles. The lowest BCUT2D eigenvalue weighted by Crippen LogP contribution is -2.32. The third-order valence-electron chi connectivity index (χ3n) is 3.27. The van der Waals surface area contributed by atoms with Gasteiger partial charge in [0.1, 0.15) is 5.69 Å². The number of hydrogen-bond donors (Lipinski definition) is 2. The Hall–Kier alpha value is -2.63. The number of rotatable bonds is 7. The van der Waals surface area contributed by atoms with E-state index >= 15 is 0 Å². The highest BCUT2D eigenvalue weighted by Crippen LogP contribution is 1.98. The van der Waals surface area contributed by atoms with Crippen LogP contribution in [0.2, 0.25) is 0 Å². The summed E-state index contributed by atoms with van der Waals surface area (Å²) in [4.78, 5) is 23.5. The highest BCUT2D eigenvalue weighted by Gasteiger charge is 2.09. The number of amides is 2. The Morgan fingerprint density at radius 1 is 1.09 bits per heavy atom. The van der Waals surface area contributed by atoms with Gasteiger partial charge in [-0.2, -0.15) is 5.10 Å². The molecule has 2 rings (SSSR count). The van der Waals surface area contributed by atoms with Gasteiger partial charge in [-0.3, -0.25) is 14.3 Å². The van der Waals surface area contributed by atoms with E-state index in [-0.39, 0.29) is 18.2 Å². The van der Waals surface area contributed by atoms with Crippen molar-refractivity contribution in [3.8, 4) is 0 Å². The number of nitrogens with zero attached hydrogens (tertiary/aromatic N) is 2. The molecule has 0 aliphatic heterocycles. The zero-order valence-corrected chi connectivity index (χ0v) is 12.6. The number of aryl methyl sites for hydroxylation is 1. The van der Waals surface area contributed by atoms with Crippen LogP contribution in [-0.4, -0.2) is 34.7 Å². The molecule has 0 aliphatic rings. The summed E-state index contributed by atoms with van der Waals surface area (Å²) >= 11 is 0. The monoisotopic (exact) mass is 300 g/mol. The van der Waals surface area contributed by atoms with Crippen molar-refractivity contribution in [2.24, 2.45) is 7.05 Å². The zero-order valence-electron chi connectivity index (χ0n) is 12.6. The van der Waals surface area contributed by atoms with Crippen LogP contribution in [0.15, 0.2) is 42.6 Å². The lowest BCUT2D eigenvalue weighted by Gasteiger charge is -2.07. The van der Waals surface area contributed by atoms with Gasteiger partial charge in [0.15, 0.2) is 0 Å². The van der Waals surface area contributed by atoms with Crippen molar-refractivity contribution in [2.75, 3.05) is 13.1 Å². The van der Waals surface area contributed by atoms with Gasteiger partial charge in [-0.05, 0) is 18.1 Å². The van der Waals surface area contributed by atoms with Gasteiger partial charge in [0.05, 0.1) is 0 Å². The molecule has 1 heterocycles. The van der Waals surface area contributed by atoms with Crippen LogP contribution in [0.3, 0.4) is 0 Å². The first-order valence-corrected chi connectivity index (χ1v) is 7.23. The van der Waals surface area contributed by atoms with E-state index in [1.54, 1.807) is 19.3 Å². The molecular formula is C16H20N4O2. The van der Waals surface area contributed by atoms with Crippen LogP contribution in [-0.2, 0) is 18.3 Å². The van der Waals surface area contributed by atoms with Crippen LogP contribution < -0.4 is 10.6 Å². The zero-order chi connectivity index (χ0) is 15.8. The van der Waals surface area contributed by atoms with Crippen molar-refractivity contribution in [3.63, 3.8) is 0 Å². The van der Waals surface area contributed by atoms with Gasteiger partial charge in [-0.25, -0.2) is 0 Å². The highest BCUT2D eigenvalue weighted by molar-refractivity contribution is 5.92. The van der Waals surface area contributed by atoms with Crippen LogP contribution in [0.4, 0.5) is 0 Å². The van der Waals surface area contributed by atoms with Gasteiger partial charge >= 0.3 is 0 Å². The molecule has 6 nitrogen and oxygen atoms in total. The van der Waals surface area contributed by atoms with Crippen molar-refractivity contribution in [2.45, 2.75) is 12.8 Å². The molecule has 1 aromatic heterocycles. The fraction of sp³-hybridized carbons (Fsp3) is 0.312. The van der Waals surface area contributed by atoms with Crippen LogP contribution in [0.1, 0.15) is 22.5 Å². The molecule has 2 aromatic rings. The Morgan fingerprint density at radius 2 is 1.86 bits per heavy atom. The van der Waals surface area contributed by atoms with Crippen molar-refractivity contribution >= 4 is 11.8 Å². The second kappa shape index (κ2) is 7.97. The quantitative estimate of drug-likeness (QED) is 0.797. The molecule has 0 spiro atoms. The van der Waals surface area contributed by atoms with Crippen molar-refractivity contribution in [1.82, 2.24) is 20.4 Å². The molecule has 22 heavy (non-hydrogen) atoms. The van der Waals surface area contributed by atoms with Crippen LogP contribution in [0, 0.1) is 0 Å². The molecule has 2 amide bonds. The van der Waals surface area contributed by atoms with E-state index in [0.29, 0.717) is 18.8 Å². The molecule has 0 fully saturated rings. The number of benzene rings is 1. The first-order valence-electron chi connectivity index (χ1n) is 7.23. The molecule has 0 radical (unpaired) electrons. The van der Waals surface area contributed by atoms with E-state index in [1.165, 1.54) is 10.2 Å². The Balaban J connectivity index is 1.62. The van der Waals surface area contributed by atoms with Gasteiger partial charge in [-0.15, -0.1) is 0 Å². The van der Waals surface area contributed by atoms with Crippen molar-refractivity contribution in [3.05, 3.63) is 53.9 Å². The van der Waals surface area contributed by atoms with E-state index in [1.807, 2.05) is 30.3 Å². The summed E-state index contributed by atoms with van der Waals surface area (Å²) in [7, 11) is 1.70. The summed E-state index contributed by atoms with van der Waals surface area (Å²) in [5.41, 5.74) is 1.66. The van der Waals surface area contributed by atoms with E-state index in [0.717, 1.165) is 6.42 Å². The van der Waals surface area contributed by atoms with E-state index in [2.05, 4.69) is 15.7 Å². The van der Waals surface area contributed by atoms with Crippen LogP contribution >= 0.6 is 0 Å². The molecule has 6 heteroatoms. The summed E-state index contributed by atoms with van der Waals surface area (Å²) < 4.78 is 1.50. The van der Waals surface area contributed by atoms with Crippen molar-refractivity contribution in [1.29, 1.82) is 0 Å². The average Bonchev–Trinajstić information content (AvgIpc) is 2.94. The first kappa shape index (κ1) is 15.8. The highest BCUT2D eigenvalue weighted by atomic mass is 16.2. The summed E-state index contributed by atoms with van der Waals surface area (Å²) in [5, 5.41) is 9.47. The van der Waals surface area contributed by atoms with Gasteiger partial charge < -0.3 is 10.6 Å². The Morgan fingerprint density at radius 3 is 2.55 bits per heavy atom. The molecule has 0 unspecified atom stereocenters. The van der Waals surface area contributed by atoms with E-state index in [4.69, 9.17) is 0 Å². The molecule has 0 aliphatic carbocycles. The minimum absolute atomic E-state index is 0.0683. The van der Waals surface area contributed by atoms with Crippen molar-refractivity contribution < 1.29 is 9.59 Å². The van der Waals surface area contributed by atoms with Crippen LogP contribution in [0.25, 0.3) is 0 Å². The predicted molar refractivity (Wildman–Crippen MR) is 83.3 cm³/mol. The standard InChI is InChI=1S/C16H20N4O2/c1-20-14(8-12-19-20)16(22)18-11-9-15(21)17-10-7-13-5-3-2-4-6-13/h2-6,8,12H,7,9-11H2,1H3,(H,17,21)(H,18,22). The van der Waals surface area contributed by atoms with Crippen LogP contribution in [0.5, 0.6) is 0 Å². The first-order chi connectivity index (χ1) is 10.7. The number of aromatic nitrogens is 2. The molecular weight excluding hydrogens is 280 g/mol. The maximum Gasteiger partial charge on any atom is 0.269 e. The summed E-state index contributed by atoms with van der Waals surface area (Å²) in [6, 6.07) is 11.6. The van der Waals surface area contributed by atoms with E-state index < -0.39 is 0 Å². The lowest BCUT2D eigenvalue weighted by molar-refractivity contribution is -0.120. The predicted octanol–water partition coefficient (Wildman–Crippen LogP) is 0.899. The van der Waals surface area contributed by atoms with Gasteiger partial charge in [0.25, 0.3) is 5.91 Å². The molecule has 1 aromatic carbocycles. The minimum atomic E-state index is -0.225. The maximum atomic E-state index is 11.8. The molecule has 0 bridgehead atoms. The summed E-state index contributed by atoms with van der Waals surface area (Å²) in [5.74, 6) is -0.293. The third-order valence-corrected chi connectivity index (χ3v) is 3.27. The van der Waals surface area contributed by atoms with Gasteiger partial charge in [-0.1, -0.05) is 30.3 Å². The van der Waals surface area contributed by atoms with Gasteiger partial charge in [0.2, 0.25) is 5.91 Å². The Labute approximate surface area is 129 Å². The Kier molecular flexibility index (Phi) is 5.71. The fourth-order valence-corrected chi connectivity index (χ4v) is 2.06. The maximum absolute atomic E-state index is 11.8. The summed E-state index contributed by atoms with van der Waals surface area (Å²) in [6.45, 7) is 0.902. The number of hydrogen-bond acceptors (Lipinski definition) is 3. The Bertz CT molecular complexity index is 622. The topological polar surface area (TPSA) is 76.0 Å². The molecule has 2 N–H and O–H groups in total. The SMILES string of the molecule is Cn1nccc1C(=O)NCCC(=O)NCCc1ccccc1. The van der Waals surface area contributed by atoms with Gasteiger partial charge in [0, 0.05) is 32.8 Å². The third kappa shape index (κ3) is 4.73. The second-order valence-electron chi connectivity index (χ2n) is 4.93. The molecule has 116 valence electrons. The largest absolute Gasteiger partial charge is 0.356 e. The second-order valence-corrected chi connectivity index (χ2v) is 4.93. The average molecular weight is 300 g/mol. The molecule has 0 atom stereocenters. The normalized spacial score (nSPS) is 10.2.